The van der Waals surface area contributed by atoms with E-state index in [-0.39, 0.29) is 11.5 Å². The van der Waals surface area contributed by atoms with Crippen LogP contribution in [0.2, 0.25) is 0 Å². The molecule has 0 aliphatic rings. The number of thiophene rings is 1. The predicted molar refractivity (Wildman–Crippen MR) is 94.6 cm³/mol. The lowest BCUT2D eigenvalue weighted by molar-refractivity contribution is 0.0827. The van der Waals surface area contributed by atoms with E-state index in [1.807, 2.05) is 27.3 Å². The van der Waals surface area contributed by atoms with Crippen LogP contribution in [0.5, 0.6) is 0 Å². The number of nitrogens with one attached hydrogen (secondary N) is 1. The van der Waals surface area contributed by atoms with Gasteiger partial charge in [-0.25, -0.2) is 4.98 Å². The van der Waals surface area contributed by atoms with Crippen molar-refractivity contribution in [2.45, 2.75) is 0 Å². The van der Waals surface area contributed by atoms with Gasteiger partial charge in [0.1, 0.15) is 11.3 Å². The number of aromatic nitrogens is 3. The standard InChI is InChI=1S/C17H14N4O2S/c1-20(2)17(23)10-3-4-13-12(7-10)19-16(22)14-8-18-15(21(13)14)11-5-6-24-9-11/h3-9H,1-2H3,(H,19,22). The molecule has 0 fully saturated rings. The van der Waals surface area contributed by atoms with E-state index in [1.54, 1.807) is 43.8 Å². The quantitative estimate of drug-likeness (QED) is 0.611. The Morgan fingerprint density at radius 2 is 2.08 bits per heavy atom. The molecular weight excluding hydrogens is 324 g/mol. The molecule has 0 aliphatic carbocycles. The average Bonchev–Trinajstić information content (AvgIpc) is 3.22. The minimum Gasteiger partial charge on any atom is -0.345 e. The Bertz CT molecular complexity index is 1120. The fourth-order valence-electron chi connectivity index (χ4n) is 2.76. The fraction of sp³-hybridized carbons (Fsp3) is 0.118. The third-order valence-corrected chi connectivity index (χ3v) is 4.60. The van der Waals surface area contributed by atoms with Gasteiger partial charge in [0.25, 0.3) is 11.5 Å². The van der Waals surface area contributed by atoms with Gasteiger partial charge in [0.05, 0.1) is 17.2 Å². The normalized spacial score (nSPS) is 11.2. The molecule has 24 heavy (non-hydrogen) atoms. The van der Waals surface area contributed by atoms with Crippen LogP contribution < -0.4 is 5.56 Å². The Morgan fingerprint density at radius 1 is 1.25 bits per heavy atom. The van der Waals surface area contributed by atoms with Gasteiger partial charge in [0.2, 0.25) is 0 Å². The lowest BCUT2D eigenvalue weighted by Crippen LogP contribution is -2.21. The molecule has 1 aromatic carbocycles. The van der Waals surface area contributed by atoms with Crippen molar-refractivity contribution in [3.63, 3.8) is 0 Å². The van der Waals surface area contributed by atoms with E-state index >= 15 is 0 Å². The maximum absolute atomic E-state index is 12.4. The zero-order valence-corrected chi connectivity index (χ0v) is 13.9. The molecule has 0 atom stereocenters. The van der Waals surface area contributed by atoms with Gasteiger partial charge in [-0.15, -0.1) is 0 Å². The molecule has 120 valence electrons. The SMILES string of the molecule is CN(C)C(=O)c1ccc2c(c1)[nH]c(=O)c1cnc(-c3ccsc3)n12. The topological polar surface area (TPSA) is 70.5 Å². The lowest BCUT2D eigenvalue weighted by atomic mass is 10.1. The number of hydrogen-bond donors (Lipinski definition) is 1. The van der Waals surface area contributed by atoms with Gasteiger partial charge in [-0.05, 0) is 29.6 Å². The van der Waals surface area contributed by atoms with Gasteiger partial charge in [0, 0.05) is 30.6 Å². The molecule has 1 N–H and O–H groups in total. The van der Waals surface area contributed by atoms with Crippen LogP contribution in [0.1, 0.15) is 10.4 Å². The first kappa shape index (κ1) is 14.6. The van der Waals surface area contributed by atoms with Crippen LogP contribution in [0.3, 0.4) is 0 Å². The van der Waals surface area contributed by atoms with Crippen molar-refractivity contribution < 1.29 is 4.79 Å². The van der Waals surface area contributed by atoms with E-state index in [9.17, 15) is 9.59 Å². The zero-order chi connectivity index (χ0) is 16.8. The first-order valence-corrected chi connectivity index (χ1v) is 8.28. The van der Waals surface area contributed by atoms with Gasteiger partial charge < -0.3 is 9.88 Å². The molecule has 4 aromatic rings. The second-order valence-corrected chi connectivity index (χ2v) is 6.48. The molecule has 1 amide bonds. The Kier molecular flexibility index (Phi) is 3.24. The molecule has 0 spiro atoms. The fourth-order valence-corrected chi connectivity index (χ4v) is 3.39. The molecule has 7 heteroatoms. The Balaban J connectivity index is 2.05. The summed E-state index contributed by atoms with van der Waals surface area (Å²) in [6, 6.07) is 7.28. The van der Waals surface area contributed by atoms with Crippen molar-refractivity contribution in [2.24, 2.45) is 0 Å². The van der Waals surface area contributed by atoms with Crippen LogP contribution in [0, 0.1) is 0 Å². The van der Waals surface area contributed by atoms with Gasteiger partial charge in [-0.3, -0.25) is 14.0 Å². The van der Waals surface area contributed by atoms with E-state index in [2.05, 4.69) is 9.97 Å². The summed E-state index contributed by atoms with van der Waals surface area (Å²) in [5.41, 5.74) is 3.15. The molecule has 0 bridgehead atoms. The smallest absolute Gasteiger partial charge is 0.274 e. The number of H-pyrrole nitrogens is 1. The highest BCUT2D eigenvalue weighted by Crippen LogP contribution is 2.24. The second kappa shape index (κ2) is 5.31. The number of rotatable bonds is 2. The molecule has 0 saturated heterocycles. The van der Waals surface area contributed by atoms with Crippen molar-refractivity contribution >= 4 is 33.8 Å². The maximum Gasteiger partial charge on any atom is 0.274 e. The summed E-state index contributed by atoms with van der Waals surface area (Å²) < 4.78 is 1.83. The van der Waals surface area contributed by atoms with Gasteiger partial charge in [-0.1, -0.05) is 0 Å². The lowest BCUT2D eigenvalue weighted by Gasteiger charge is -2.11. The van der Waals surface area contributed by atoms with Crippen molar-refractivity contribution in [3.05, 3.63) is 57.1 Å². The molecule has 3 aromatic heterocycles. The maximum atomic E-state index is 12.4. The second-order valence-electron chi connectivity index (χ2n) is 5.70. The number of carbonyl (C=O) groups excluding carboxylic acids is 1. The highest BCUT2D eigenvalue weighted by Gasteiger charge is 2.15. The van der Waals surface area contributed by atoms with E-state index in [0.29, 0.717) is 22.4 Å². The van der Waals surface area contributed by atoms with Gasteiger partial charge >= 0.3 is 0 Å². The Hall–Kier alpha value is -2.93. The van der Waals surface area contributed by atoms with E-state index < -0.39 is 0 Å². The number of carbonyl (C=O) groups is 1. The summed E-state index contributed by atoms with van der Waals surface area (Å²) in [4.78, 5) is 33.3. The number of imidazole rings is 1. The summed E-state index contributed by atoms with van der Waals surface area (Å²) in [5, 5.41) is 3.96. The van der Waals surface area contributed by atoms with Crippen molar-refractivity contribution in [1.29, 1.82) is 0 Å². The van der Waals surface area contributed by atoms with Crippen LogP contribution in [0.15, 0.2) is 46.0 Å². The minimum absolute atomic E-state index is 0.110. The van der Waals surface area contributed by atoms with Crippen LogP contribution in [-0.4, -0.2) is 39.3 Å². The summed E-state index contributed by atoms with van der Waals surface area (Å²) >= 11 is 1.58. The molecule has 0 unspecified atom stereocenters. The molecule has 0 radical (unpaired) electrons. The molecule has 4 rings (SSSR count). The van der Waals surface area contributed by atoms with E-state index in [1.165, 1.54) is 4.90 Å². The largest absolute Gasteiger partial charge is 0.345 e. The summed E-state index contributed by atoms with van der Waals surface area (Å²) in [6.45, 7) is 0. The van der Waals surface area contributed by atoms with Crippen molar-refractivity contribution in [2.75, 3.05) is 14.1 Å². The number of benzene rings is 1. The van der Waals surface area contributed by atoms with Gasteiger partial charge in [0.15, 0.2) is 0 Å². The molecule has 0 saturated carbocycles. The highest BCUT2D eigenvalue weighted by molar-refractivity contribution is 7.08. The summed E-state index contributed by atoms with van der Waals surface area (Å²) in [5.74, 6) is 0.607. The zero-order valence-electron chi connectivity index (χ0n) is 13.1. The van der Waals surface area contributed by atoms with Crippen LogP contribution in [0.4, 0.5) is 0 Å². The predicted octanol–water partition coefficient (Wildman–Crippen LogP) is 2.61. The number of fused-ring (bicyclic) bond motifs is 3. The third-order valence-electron chi connectivity index (χ3n) is 3.91. The third kappa shape index (κ3) is 2.13. The number of nitrogens with zero attached hydrogens (tertiary/aromatic N) is 3. The Labute approximate surface area is 141 Å². The van der Waals surface area contributed by atoms with Gasteiger partial charge in [-0.2, -0.15) is 11.3 Å². The van der Waals surface area contributed by atoms with Crippen LogP contribution in [0.25, 0.3) is 27.9 Å². The molecular formula is C17H14N4O2S. The molecule has 0 aliphatic heterocycles. The number of hydrogen-bond acceptors (Lipinski definition) is 4. The van der Waals surface area contributed by atoms with Crippen LogP contribution in [-0.2, 0) is 0 Å². The van der Waals surface area contributed by atoms with E-state index in [0.717, 1.165) is 11.1 Å². The monoisotopic (exact) mass is 338 g/mol. The summed E-state index contributed by atoms with van der Waals surface area (Å²) in [7, 11) is 3.39. The number of aromatic amines is 1. The molecule has 3 heterocycles. The Morgan fingerprint density at radius 3 is 2.79 bits per heavy atom. The minimum atomic E-state index is -0.231. The average molecular weight is 338 g/mol. The first-order chi connectivity index (χ1) is 11.6. The highest BCUT2D eigenvalue weighted by atomic mass is 32.1. The van der Waals surface area contributed by atoms with Crippen molar-refractivity contribution in [1.82, 2.24) is 19.3 Å². The van der Waals surface area contributed by atoms with Crippen LogP contribution >= 0.6 is 11.3 Å². The number of amides is 1. The van der Waals surface area contributed by atoms with E-state index in [4.69, 9.17) is 0 Å². The summed E-state index contributed by atoms with van der Waals surface area (Å²) in [6.07, 6.45) is 1.57. The van der Waals surface area contributed by atoms with Crippen molar-refractivity contribution in [3.8, 4) is 11.4 Å². The molecule has 6 nitrogen and oxygen atoms in total. The first-order valence-electron chi connectivity index (χ1n) is 7.34.